The van der Waals surface area contributed by atoms with Crippen LogP contribution >= 0.6 is 15.9 Å². The fraction of sp³-hybridized carbons (Fsp3) is 0.889. The third-order valence-electron chi connectivity index (χ3n) is 2.46. The molecule has 3 unspecified atom stereocenters. The smallest absolute Gasteiger partial charge is 0.320 e. The van der Waals surface area contributed by atoms with E-state index in [1.807, 2.05) is 0 Å². The van der Waals surface area contributed by atoms with Crippen LogP contribution in [0.25, 0.3) is 0 Å². The van der Waals surface area contributed by atoms with Crippen molar-refractivity contribution in [1.29, 1.82) is 0 Å². The zero-order valence-corrected chi connectivity index (χ0v) is 9.63. The standard InChI is InChI=1S/C9H16BrNO2/c1-6-3-7(6)4-11-5-8(10)9(12)13-2/h6-8,11H,3-5H2,1-2H3. The van der Waals surface area contributed by atoms with Gasteiger partial charge in [-0.2, -0.15) is 0 Å². The van der Waals surface area contributed by atoms with Crippen molar-refractivity contribution >= 4 is 21.9 Å². The Morgan fingerprint density at radius 1 is 1.77 bits per heavy atom. The molecule has 1 fully saturated rings. The second-order valence-electron chi connectivity index (χ2n) is 3.62. The first kappa shape index (κ1) is 11.0. The minimum absolute atomic E-state index is 0.212. The molecule has 0 aromatic heterocycles. The lowest BCUT2D eigenvalue weighted by atomic mass is 10.3. The van der Waals surface area contributed by atoms with Gasteiger partial charge in [-0.15, -0.1) is 0 Å². The van der Waals surface area contributed by atoms with Gasteiger partial charge in [-0.05, 0) is 24.8 Å². The predicted molar refractivity (Wildman–Crippen MR) is 54.9 cm³/mol. The number of alkyl halides is 1. The molecule has 13 heavy (non-hydrogen) atoms. The van der Waals surface area contributed by atoms with E-state index in [1.165, 1.54) is 13.5 Å². The Hall–Kier alpha value is -0.0900. The zero-order valence-electron chi connectivity index (χ0n) is 8.05. The van der Waals surface area contributed by atoms with E-state index in [0.29, 0.717) is 6.54 Å². The Morgan fingerprint density at radius 3 is 2.85 bits per heavy atom. The van der Waals surface area contributed by atoms with Crippen molar-refractivity contribution in [2.75, 3.05) is 20.2 Å². The molecule has 0 amide bonds. The fourth-order valence-electron chi connectivity index (χ4n) is 1.29. The maximum atomic E-state index is 11.0. The molecule has 1 rings (SSSR count). The zero-order chi connectivity index (χ0) is 9.84. The van der Waals surface area contributed by atoms with E-state index in [0.717, 1.165) is 18.4 Å². The van der Waals surface area contributed by atoms with Crippen LogP contribution in [-0.2, 0) is 9.53 Å². The summed E-state index contributed by atoms with van der Waals surface area (Å²) in [6.45, 7) is 3.91. The maximum Gasteiger partial charge on any atom is 0.320 e. The average molecular weight is 250 g/mol. The number of esters is 1. The van der Waals surface area contributed by atoms with Crippen molar-refractivity contribution < 1.29 is 9.53 Å². The normalized spacial score (nSPS) is 28.2. The molecule has 3 nitrogen and oxygen atoms in total. The van der Waals surface area contributed by atoms with Crippen LogP contribution in [-0.4, -0.2) is 31.0 Å². The molecule has 0 saturated heterocycles. The summed E-state index contributed by atoms with van der Waals surface area (Å²) in [5.74, 6) is 1.47. The third kappa shape index (κ3) is 3.65. The van der Waals surface area contributed by atoms with Crippen LogP contribution in [0.15, 0.2) is 0 Å². The van der Waals surface area contributed by atoms with Gasteiger partial charge >= 0.3 is 5.97 Å². The van der Waals surface area contributed by atoms with E-state index >= 15 is 0 Å². The number of carbonyl (C=O) groups excluding carboxylic acids is 1. The van der Waals surface area contributed by atoms with Crippen molar-refractivity contribution in [2.45, 2.75) is 18.2 Å². The van der Waals surface area contributed by atoms with Gasteiger partial charge in [-0.25, -0.2) is 0 Å². The molecule has 1 aliphatic carbocycles. The lowest BCUT2D eigenvalue weighted by Gasteiger charge is -2.08. The Morgan fingerprint density at radius 2 is 2.38 bits per heavy atom. The summed E-state index contributed by atoms with van der Waals surface area (Å²) in [6, 6.07) is 0. The number of halogens is 1. The molecule has 76 valence electrons. The van der Waals surface area contributed by atoms with Gasteiger partial charge in [0.05, 0.1) is 7.11 Å². The van der Waals surface area contributed by atoms with Crippen LogP contribution in [0.1, 0.15) is 13.3 Å². The maximum absolute atomic E-state index is 11.0. The van der Waals surface area contributed by atoms with Gasteiger partial charge in [0.25, 0.3) is 0 Å². The monoisotopic (exact) mass is 249 g/mol. The molecular weight excluding hydrogens is 234 g/mol. The summed E-state index contributed by atoms with van der Waals surface area (Å²) < 4.78 is 4.58. The van der Waals surface area contributed by atoms with E-state index < -0.39 is 0 Å². The average Bonchev–Trinajstić information content (AvgIpc) is 2.80. The van der Waals surface area contributed by atoms with E-state index in [1.54, 1.807) is 0 Å². The molecule has 1 N–H and O–H groups in total. The van der Waals surface area contributed by atoms with Crippen LogP contribution in [0.2, 0.25) is 0 Å². The number of nitrogens with one attached hydrogen (secondary N) is 1. The van der Waals surface area contributed by atoms with Crippen LogP contribution in [0.4, 0.5) is 0 Å². The molecule has 0 aliphatic heterocycles. The minimum atomic E-state index is -0.216. The van der Waals surface area contributed by atoms with Gasteiger partial charge in [0.2, 0.25) is 0 Å². The van der Waals surface area contributed by atoms with Crippen LogP contribution < -0.4 is 5.32 Å². The molecule has 0 aromatic rings. The van der Waals surface area contributed by atoms with Gasteiger partial charge in [-0.3, -0.25) is 4.79 Å². The van der Waals surface area contributed by atoms with Gasteiger partial charge in [0.15, 0.2) is 0 Å². The molecule has 0 aromatic carbocycles. The second kappa shape index (κ2) is 4.96. The molecule has 3 atom stereocenters. The van der Waals surface area contributed by atoms with Crippen molar-refractivity contribution in [3.8, 4) is 0 Å². The van der Waals surface area contributed by atoms with Crippen LogP contribution in [0.3, 0.4) is 0 Å². The van der Waals surface area contributed by atoms with Crippen molar-refractivity contribution in [3.05, 3.63) is 0 Å². The first-order chi connectivity index (χ1) is 6.15. The predicted octanol–water partition coefficient (Wildman–Crippen LogP) is 1.17. The number of hydrogen-bond acceptors (Lipinski definition) is 3. The van der Waals surface area contributed by atoms with E-state index in [-0.39, 0.29) is 10.8 Å². The summed E-state index contributed by atoms with van der Waals surface area (Å²) in [4.78, 5) is 10.7. The second-order valence-corrected chi connectivity index (χ2v) is 4.73. The van der Waals surface area contributed by atoms with Crippen molar-refractivity contribution in [3.63, 3.8) is 0 Å². The topological polar surface area (TPSA) is 38.3 Å². The summed E-state index contributed by atoms with van der Waals surface area (Å²) in [7, 11) is 1.40. The molecule has 4 heteroatoms. The molecular formula is C9H16BrNO2. The highest BCUT2D eigenvalue weighted by Crippen LogP contribution is 2.36. The molecule has 0 heterocycles. The molecule has 1 saturated carbocycles. The highest BCUT2D eigenvalue weighted by atomic mass is 79.9. The Kier molecular flexibility index (Phi) is 4.19. The Labute approximate surface area is 87.3 Å². The Bertz CT molecular complexity index is 186. The molecule has 1 aliphatic rings. The van der Waals surface area contributed by atoms with E-state index in [2.05, 4.69) is 32.9 Å². The van der Waals surface area contributed by atoms with Gasteiger partial charge in [0.1, 0.15) is 4.83 Å². The SMILES string of the molecule is COC(=O)C(Br)CNCC1CC1C. The lowest BCUT2D eigenvalue weighted by Crippen LogP contribution is -2.31. The highest BCUT2D eigenvalue weighted by Gasteiger charge is 2.31. The Balaban J connectivity index is 2.01. The van der Waals surface area contributed by atoms with Crippen molar-refractivity contribution in [2.24, 2.45) is 11.8 Å². The summed E-state index contributed by atoms with van der Waals surface area (Å²) in [5, 5.41) is 3.25. The molecule has 0 spiro atoms. The minimum Gasteiger partial charge on any atom is -0.468 e. The van der Waals surface area contributed by atoms with E-state index in [4.69, 9.17) is 0 Å². The molecule has 0 radical (unpaired) electrons. The number of methoxy groups -OCH3 is 1. The number of rotatable bonds is 5. The quantitative estimate of drug-likeness (QED) is 0.588. The highest BCUT2D eigenvalue weighted by molar-refractivity contribution is 9.10. The first-order valence-electron chi connectivity index (χ1n) is 4.57. The number of hydrogen-bond donors (Lipinski definition) is 1. The summed E-state index contributed by atoms with van der Waals surface area (Å²) in [5.41, 5.74) is 0. The largest absolute Gasteiger partial charge is 0.468 e. The number of carbonyl (C=O) groups is 1. The van der Waals surface area contributed by atoms with Crippen LogP contribution in [0, 0.1) is 11.8 Å². The van der Waals surface area contributed by atoms with Gasteiger partial charge in [0, 0.05) is 6.54 Å². The van der Waals surface area contributed by atoms with E-state index in [9.17, 15) is 4.79 Å². The van der Waals surface area contributed by atoms with Crippen LogP contribution in [0.5, 0.6) is 0 Å². The van der Waals surface area contributed by atoms with Crippen molar-refractivity contribution in [1.82, 2.24) is 5.32 Å². The fourth-order valence-corrected chi connectivity index (χ4v) is 1.71. The lowest BCUT2D eigenvalue weighted by molar-refractivity contribution is -0.139. The summed E-state index contributed by atoms with van der Waals surface area (Å²) in [6.07, 6.45) is 1.32. The first-order valence-corrected chi connectivity index (χ1v) is 5.49. The van der Waals surface area contributed by atoms with Gasteiger partial charge < -0.3 is 10.1 Å². The third-order valence-corrected chi connectivity index (χ3v) is 3.16. The van der Waals surface area contributed by atoms with Gasteiger partial charge in [-0.1, -0.05) is 22.9 Å². The number of ether oxygens (including phenoxy) is 1. The molecule has 0 bridgehead atoms. The summed E-state index contributed by atoms with van der Waals surface area (Å²) >= 11 is 3.25.